The summed E-state index contributed by atoms with van der Waals surface area (Å²) < 4.78 is 3.91. The van der Waals surface area contributed by atoms with Gasteiger partial charge < -0.3 is 5.11 Å². The van der Waals surface area contributed by atoms with Gasteiger partial charge >= 0.3 is 11.4 Å². The third-order valence-corrected chi connectivity index (χ3v) is 8.30. The van der Waals surface area contributed by atoms with Crippen molar-refractivity contribution in [2.24, 2.45) is 18.4 Å². The summed E-state index contributed by atoms with van der Waals surface area (Å²) in [7, 11) is 1.44. The molecular formula is C27H26N4O5. The van der Waals surface area contributed by atoms with Crippen molar-refractivity contribution in [1.29, 1.82) is 0 Å². The second kappa shape index (κ2) is 7.43. The zero-order valence-corrected chi connectivity index (χ0v) is 20.2. The normalized spacial score (nSPS) is 26.9. The maximum atomic E-state index is 14.2. The zero-order chi connectivity index (χ0) is 25.5. The third kappa shape index (κ3) is 2.71. The van der Waals surface area contributed by atoms with Crippen molar-refractivity contribution < 1.29 is 14.7 Å². The molecule has 1 aliphatic carbocycles. The van der Waals surface area contributed by atoms with Gasteiger partial charge in [0.2, 0.25) is 11.8 Å². The average molecular weight is 487 g/mol. The Bertz CT molecular complexity index is 1590. The van der Waals surface area contributed by atoms with Crippen molar-refractivity contribution in [2.75, 3.05) is 4.90 Å². The van der Waals surface area contributed by atoms with Gasteiger partial charge in [-0.25, -0.2) is 28.4 Å². The summed E-state index contributed by atoms with van der Waals surface area (Å²) in [6, 6.07) is 13.5. The number of hydrogen-bond donors (Lipinski definition) is 1. The van der Waals surface area contributed by atoms with E-state index in [2.05, 4.69) is 0 Å². The first kappa shape index (κ1) is 22.3. The van der Waals surface area contributed by atoms with Gasteiger partial charge in [-0.3, -0.25) is 9.59 Å². The van der Waals surface area contributed by atoms with Crippen LogP contribution in [0.15, 0.2) is 69.8 Å². The van der Waals surface area contributed by atoms with Crippen molar-refractivity contribution in [2.45, 2.75) is 38.8 Å². The molecule has 9 heteroatoms. The summed E-state index contributed by atoms with van der Waals surface area (Å²) in [5.74, 6) is -1.70. The van der Waals surface area contributed by atoms with Gasteiger partial charge in [0.05, 0.1) is 29.6 Å². The molecule has 184 valence electrons. The fourth-order valence-corrected chi connectivity index (χ4v) is 6.45. The number of imide groups is 1. The number of aromatic nitrogens is 3. The highest BCUT2D eigenvalue weighted by atomic mass is 16.3. The number of carbonyl (C=O) groups is 2. The summed E-state index contributed by atoms with van der Waals surface area (Å²) >= 11 is 0. The second-order valence-corrected chi connectivity index (χ2v) is 10.1. The number of anilines is 1. The van der Waals surface area contributed by atoms with Crippen LogP contribution in [0, 0.1) is 18.3 Å². The van der Waals surface area contributed by atoms with E-state index in [1.54, 1.807) is 43.3 Å². The minimum atomic E-state index is -1.11. The Morgan fingerprint density at radius 3 is 2.42 bits per heavy atom. The Hall–Kier alpha value is -4.14. The van der Waals surface area contributed by atoms with Crippen LogP contribution < -0.4 is 16.3 Å². The van der Waals surface area contributed by atoms with Crippen LogP contribution in [0.1, 0.15) is 36.4 Å². The molecule has 3 aromatic rings. The molecule has 2 aliphatic heterocycles. The van der Waals surface area contributed by atoms with E-state index in [1.807, 2.05) is 25.1 Å². The average Bonchev–Trinajstić information content (AvgIpc) is 3.21. The topological polar surface area (TPSA) is 107 Å². The Balaban J connectivity index is 1.60. The highest BCUT2D eigenvalue weighted by Crippen LogP contribution is 2.61. The van der Waals surface area contributed by atoms with E-state index >= 15 is 0 Å². The Labute approximate surface area is 206 Å². The fraction of sp³-hybridized carbons (Fsp3) is 0.333. The standard InChI is InChI=1S/C27H26N4O5/c1-15-13-16(9-10-21(15)32)22-18-11-12-29-25(35)28(3)26(36)31(29)20(18)14-19-23(33)30(24(34)27(19,22)2)17-7-5-4-6-8-17/h4-11,13,19-20,22,32H,12,14H2,1-3H3/t19-,20+,22-,27+/m0/s1. The largest absolute Gasteiger partial charge is 0.508 e. The van der Waals surface area contributed by atoms with Crippen molar-refractivity contribution in [3.05, 3.63) is 92.3 Å². The highest BCUT2D eigenvalue weighted by molar-refractivity contribution is 6.24. The minimum Gasteiger partial charge on any atom is -0.508 e. The summed E-state index contributed by atoms with van der Waals surface area (Å²) in [6.45, 7) is 3.81. The Morgan fingerprint density at radius 2 is 1.72 bits per heavy atom. The lowest BCUT2D eigenvalue weighted by molar-refractivity contribution is -0.129. The molecule has 4 atom stereocenters. The fourth-order valence-electron chi connectivity index (χ4n) is 6.45. The van der Waals surface area contributed by atoms with Crippen molar-refractivity contribution in [1.82, 2.24) is 13.9 Å². The number of hydrogen-bond acceptors (Lipinski definition) is 5. The lowest BCUT2D eigenvalue weighted by Crippen LogP contribution is -2.49. The van der Waals surface area contributed by atoms with Crippen LogP contribution in [0.3, 0.4) is 0 Å². The number of carbonyl (C=O) groups excluding carboxylic acids is 2. The molecule has 1 N–H and O–H groups in total. The summed E-state index contributed by atoms with van der Waals surface area (Å²) in [5.41, 5.74) is 0.801. The quantitative estimate of drug-likeness (QED) is 0.442. The van der Waals surface area contributed by atoms with Crippen LogP contribution in [0.25, 0.3) is 0 Å². The maximum Gasteiger partial charge on any atom is 0.347 e. The van der Waals surface area contributed by atoms with Gasteiger partial charge in [0.25, 0.3) is 0 Å². The number of phenols is 1. The highest BCUT2D eigenvalue weighted by Gasteiger charge is 2.65. The molecule has 0 bridgehead atoms. The Morgan fingerprint density at radius 1 is 1.00 bits per heavy atom. The number of aromatic hydroxyl groups is 1. The predicted molar refractivity (Wildman–Crippen MR) is 132 cm³/mol. The summed E-state index contributed by atoms with van der Waals surface area (Å²) in [4.78, 5) is 55.1. The van der Waals surface area contributed by atoms with E-state index in [1.165, 1.54) is 21.3 Å². The number of phenolic OH excluding ortho intramolecular Hbond substituents is 1. The molecule has 9 nitrogen and oxygen atoms in total. The van der Waals surface area contributed by atoms with Gasteiger partial charge in [0.1, 0.15) is 5.75 Å². The predicted octanol–water partition coefficient (Wildman–Crippen LogP) is 2.23. The smallest absolute Gasteiger partial charge is 0.347 e. The van der Waals surface area contributed by atoms with Gasteiger partial charge in [-0.05, 0) is 55.2 Å². The SMILES string of the molecule is Cc1cc([C@H]2C3=CCn4c(=O)n(C)c(=O)n4[C@@H]3C[C@H]3C(=O)N(c4ccccc4)C(=O)[C@@]23C)ccc1O. The molecule has 2 amide bonds. The molecule has 2 fully saturated rings. The van der Waals surface area contributed by atoms with Gasteiger partial charge in [-0.15, -0.1) is 0 Å². The molecule has 3 aliphatic rings. The number of benzene rings is 2. The van der Waals surface area contributed by atoms with E-state index in [0.29, 0.717) is 11.3 Å². The molecule has 1 saturated carbocycles. The molecule has 36 heavy (non-hydrogen) atoms. The van der Waals surface area contributed by atoms with Crippen LogP contribution in [0.2, 0.25) is 0 Å². The first-order chi connectivity index (χ1) is 17.2. The van der Waals surface area contributed by atoms with Gasteiger partial charge in [0.15, 0.2) is 0 Å². The van der Waals surface area contributed by atoms with Crippen molar-refractivity contribution >= 4 is 17.5 Å². The van der Waals surface area contributed by atoms with E-state index in [9.17, 15) is 24.3 Å². The number of aryl methyl sites for hydroxylation is 1. The number of rotatable bonds is 2. The lowest BCUT2D eigenvalue weighted by atomic mass is 9.56. The molecule has 6 rings (SSSR count). The number of fused-ring (bicyclic) bond motifs is 4. The zero-order valence-electron chi connectivity index (χ0n) is 20.2. The van der Waals surface area contributed by atoms with Crippen LogP contribution in [0.5, 0.6) is 5.75 Å². The van der Waals surface area contributed by atoms with Crippen molar-refractivity contribution in [3.63, 3.8) is 0 Å². The second-order valence-electron chi connectivity index (χ2n) is 10.1. The Kier molecular flexibility index (Phi) is 4.61. The van der Waals surface area contributed by atoms with E-state index < -0.39 is 34.7 Å². The van der Waals surface area contributed by atoms with E-state index in [-0.39, 0.29) is 30.5 Å². The van der Waals surface area contributed by atoms with Crippen LogP contribution in [0.4, 0.5) is 5.69 Å². The minimum absolute atomic E-state index is 0.137. The van der Waals surface area contributed by atoms with Crippen LogP contribution >= 0.6 is 0 Å². The number of amides is 2. The number of allylic oxidation sites excluding steroid dienone is 2. The van der Waals surface area contributed by atoms with Crippen LogP contribution in [-0.4, -0.2) is 30.9 Å². The number of para-hydroxylation sites is 1. The summed E-state index contributed by atoms with van der Waals surface area (Å²) in [5, 5.41) is 10.2. The van der Waals surface area contributed by atoms with Gasteiger partial charge in [0, 0.05) is 13.0 Å². The molecule has 0 unspecified atom stereocenters. The molecular weight excluding hydrogens is 460 g/mol. The summed E-state index contributed by atoms with van der Waals surface area (Å²) in [6.07, 6.45) is 2.15. The molecule has 0 spiro atoms. The van der Waals surface area contributed by atoms with Gasteiger partial charge in [-0.2, -0.15) is 0 Å². The molecule has 3 heterocycles. The third-order valence-electron chi connectivity index (χ3n) is 8.30. The molecule has 0 radical (unpaired) electrons. The molecule has 1 aromatic heterocycles. The lowest BCUT2D eigenvalue weighted by Gasteiger charge is -2.47. The first-order valence-electron chi connectivity index (χ1n) is 12.0. The van der Waals surface area contributed by atoms with Gasteiger partial charge in [-0.1, -0.05) is 36.4 Å². The van der Waals surface area contributed by atoms with E-state index in [4.69, 9.17) is 0 Å². The maximum absolute atomic E-state index is 14.2. The van der Waals surface area contributed by atoms with Crippen LogP contribution in [-0.2, 0) is 23.2 Å². The molecule has 2 aromatic carbocycles. The van der Waals surface area contributed by atoms with E-state index in [0.717, 1.165) is 15.7 Å². The first-order valence-corrected chi connectivity index (χ1v) is 12.0. The monoisotopic (exact) mass is 486 g/mol. The number of nitrogens with zero attached hydrogens (tertiary/aromatic N) is 4. The molecule has 1 saturated heterocycles. The van der Waals surface area contributed by atoms with Crippen molar-refractivity contribution in [3.8, 4) is 5.75 Å².